The molecule has 1 nitrogen and oxygen atoms in total. The van der Waals surface area contributed by atoms with Crippen molar-refractivity contribution in [1.82, 2.24) is 0 Å². The molecule has 0 N–H and O–H groups in total. The van der Waals surface area contributed by atoms with Gasteiger partial charge < -0.3 is 4.74 Å². The van der Waals surface area contributed by atoms with Gasteiger partial charge in [-0.05, 0) is 13.3 Å². The lowest BCUT2D eigenvalue weighted by Gasteiger charge is -2.33. The second-order valence-corrected chi connectivity index (χ2v) is 2.59. The van der Waals surface area contributed by atoms with E-state index in [1.807, 2.05) is 0 Å². The topological polar surface area (TPSA) is 9.23 Å². The predicted octanol–water partition coefficient (Wildman–Crippen LogP) is 1.82. The fourth-order valence-corrected chi connectivity index (χ4v) is 1.11. The monoisotopic (exact) mass is 114 g/mol. The zero-order chi connectivity index (χ0) is 5.98. The smallest absolute Gasteiger partial charge is 0.0597 e. The molecule has 1 aliphatic rings. The summed E-state index contributed by atoms with van der Waals surface area (Å²) >= 11 is 0. The highest BCUT2D eigenvalue weighted by Crippen LogP contribution is 2.23. The first-order chi connectivity index (χ1) is 3.84. The van der Waals surface area contributed by atoms with Crippen LogP contribution in [0, 0.1) is 5.92 Å². The third kappa shape index (κ3) is 1.03. The summed E-state index contributed by atoms with van der Waals surface area (Å²) in [7, 11) is 0. The van der Waals surface area contributed by atoms with Crippen LogP contribution >= 0.6 is 0 Å². The second kappa shape index (κ2) is 2.49. The van der Waals surface area contributed by atoms with E-state index in [-0.39, 0.29) is 0 Å². The third-order valence-electron chi connectivity index (χ3n) is 1.90. The molecule has 0 aromatic heterocycles. The number of ether oxygens (including phenoxy) is 1. The van der Waals surface area contributed by atoms with E-state index < -0.39 is 0 Å². The maximum Gasteiger partial charge on any atom is 0.0597 e. The van der Waals surface area contributed by atoms with Crippen LogP contribution in [0.1, 0.15) is 26.7 Å². The van der Waals surface area contributed by atoms with Crippen LogP contribution in [-0.2, 0) is 4.74 Å². The fourth-order valence-electron chi connectivity index (χ4n) is 1.11. The van der Waals surface area contributed by atoms with Gasteiger partial charge >= 0.3 is 0 Å². The number of rotatable bonds is 2. The number of hydrogen-bond donors (Lipinski definition) is 0. The molecule has 1 heteroatoms. The largest absolute Gasteiger partial charge is 0.378 e. The molecule has 0 amide bonds. The molecule has 0 aliphatic carbocycles. The van der Waals surface area contributed by atoms with Gasteiger partial charge in [-0.2, -0.15) is 0 Å². The van der Waals surface area contributed by atoms with Crippen molar-refractivity contribution in [2.45, 2.75) is 32.8 Å². The average molecular weight is 114 g/mol. The van der Waals surface area contributed by atoms with E-state index in [0.29, 0.717) is 6.10 Å². The summed E-state index contributed by atoms with van der Waals surface area (Å²) in [5.74, 6) is 0.875. The van der Waals surface area contributed by atoms with Crippen molar-refractivity contribution in [3.05, 3.63) is 0 Å². The van der Waals surface area contributed by atoms with E-state index in [1.54, 1.807) is 0 Å². The molecule has 0 saturated carbocycles. The molecule has 0 aromatic rings. The van der Waals surface area contributed by atoms with Gasteiger partial charge in [0, 0.05) is 5.92 Å². The van der Waals surface area contributed by atoms with E-state index in [0.717, 1.165) is 12.5 Å². The van der Waals surface area contributed by atoms with Crippen LogP contribution in [0.3, 0.4) is 0 Å². The first kappa shape index (κ1) is 6.09. The van der Waals surface area contributed by atoms with Crippen molar-refractivity contribution in [3.63, 3.8) is 0 Å². The summed E-state index contributed by atoms with van der Waals surface area (Å²) in [5, 5.41) is 0. The van der Waals surface area contributed by atoms with Crippen molar-refractivity contribution in [2.24, 2.45) is 5.92 Å². The maximum absolute atomic E-state index is 5.20. The van der Waals surface area contributed by atoms with Crippen LogP contribution in [0.2, 0.25) is 0 Å². The first-order valence-corrected chi connectivity index (χ1v) is 3.46. The Morgan fingerprint density at radius 2 is 2.38 bits per heavy atom. The van der Waals surface area contributed by atoms with Gasteiger partial charge in [-0.15, -0.1) is 0 Å². The Kier molecular flexibility index (Phi) is 1.90. The van der Waals surface area contributed by atoms with Crippen LogP contribution in [-0.4, -0.2) is 12.7 Å². The zero-order valence-electron chi connectivity index (χ0n) is 5.68. The lowest BCUT2D eigenvalue weighted by Crippen LogP contribution is -2.36. The van der Waals surface area contributed by atoms with Crippen LogP contribution in [0.15, 0.2) is 0 Å². The van der Waals surface area contributed by atoms with Crippen molar-refractivity contribution in [3.8, 4) is 0 Å². The molecule has 0 spiro atoms. The molecule has 1 aliphatic heterocycles. The average Bonchev–Trinajstić information content (AvgIpc) is 1.79. The minimum Gasteiger partial charge on any atom is -0.378 e. The fraction of sp³-hybridized carbons (Fsp3) is 1.00. The van der Waals surface area contributed by atoms with Crippen molar-refractivity contribution in [2.75, 3.05) is 6.61 Å². The Morgan fingerprint density at radius 3 is 2.50 bits per heavy atom. The Hall–Kier alpha value is -0.0400. The Morgan fingerprint density at radius 1 is 1.62 bits per heavy atom. The third-order valence-corrected chi connectivity index (χ3v) is 1.90. The quantitative estimate of drug-likeness (QED) is 0.532. The molecule has 1 rings (SSSR count). The minimum absolute atomic E-state index is 0.551. The summed E-state index contributed by atoms with van der Waals surface area (Å²) in [4.78, 5) is 0. The van der Waals surface area contributed by atoms with Gasteiger partial charge in [-0.25, -0.2) is 0 Å². The molecule has 48 valence electrons. The highest BCUT2D eigenvalue weighted by Gasteiger charge is 2.26. The highest BCUT2D eigenvalue weighted by atomic mass is 16.5. The van der Waals surface area contributed by atoms with E-state index in [4.69, 9.17) is 4.74 Å². The van der Waals surface area contributed by atoms with Crippen LogP contribution in [0.4, 0.5) is 0 Å². The Labute approximate surface area is 51.0 Å². The zero-order valence-corrected chi connectivity index (χ0v) is 5.68. The molecule has 1 fully saturated rings. The van der Waals surface area contributed by atoms with E-state index >= 15 is 0 Å². The van der Waals surface area contributed by atoms with E-state index in [9.17, 15) is 0 Å². The van der Waals surface area contributed by atoms with Crippen molar-refractivity contribution >= 4 is 0 Å². The van der Waals surface area contributed by atoms with Gasteiger partial charge in [0.2, 0.25) is 0 Å². The minimum atomic E-state index is 0.551. The molecule has 1 saturated heterocycles. The Bertz CT molecular complexity index is 70.8. The van der Waals surface area contributed by atoms with Crippen molar-refractivity contribution < 1.29 is 4.74 Å². The van der Waals surface area contributed by atoms with Crippen molar-refractivity contribution in [1.29, 1.82) is 0 Å². The van der Waals surface area contributed by atoms with Gasteiger partial charge in [0.1, 0.15) is 0 Å². The molecule has 2 atom stereocenters. The highest BCUT2D eigenvalue weighted by molar-refractivity contribution is 4.73. The SMILES string of the molecule is CCCC1COC1C. The summed E-state index contributed by atoms with van der Waals surface area (Å²) in [6, 6.07) is 0. The summed E-state index contributed by atoms with van der Waals surface area (Å²) in [6.07, 6.45) is 3.20. The van der Waals surface area contributed by atoms with Crippen LogP contribution in [0.25, 0.3) is 0 Å². The lowest BCUT2D eigenvalue weighted by molar-refractivity contribution is -0.105. The van der Waals surface area contributed by atoms with Gasteiger partial charge in [-0.3, -0.25) is 0 Å². The van der Waals surface area contributed by atoms with Gasteiger partial charge in [0.25, 0.3) is 0 Å². The van der Waals surface area contributed by atoms with E-state index in [2.05, 4.69) is 13.8 Å². The molecule has 0 radical (unpaired) electrons. The summed E-state index contributed by atoms with van der Waals surface area (Å²) in [6.45, 7) is 5.39. The lowest BCUT2D eigenvalue weighted by atomic mass is 9.95. The van der Waals surface area contributed by atoms with Crippen LogP contribution in [0.5, 0.6) is 0 Å². The summed E-state index contributed by atoms with van der Waals surface area (Å²) in [5.41, 5.74) is 0. The molecule has 0 aromatic carbocycles. The molecular formula is C7H14O. The van der Waals surface area contributed by atoms with E-state index in [1.165, 1.54) is 12.8 Å². The molecule has 8 heavy (non-hydrogen) atoms. The summed E-state index contributed by atoms with van der Waals surface area (Å²) < 4.78 is 5.20. The van der Waals surface area contributed by atoms with Crippen LogP contribution < -0.4 is 0 Å². The molecule has 0 bridgehead atoms. The Balaban J connectivity index is 2.08. The second-order valence-electron chi connectivity index (χ2n) is 2.59. The normalized spacial score (nSPS) is 36.8. The predicted molar refractivity (Wildman–Crippen MR) is 33.8 cm³/mol. The van der Waals surface area contributed by atoms with Gasteiger partial charge in [0.15, 0.2) is 0 Å². The standard InChI is InChI=1S/C7H14O/c1-3-4-7-5-8-6(7)2/h6-7H,3-5H2,1-2H3. The number of hydrogen-bond acceptors (Lipinski definition) is 1. The molecule has 2 unspecified atom stereocenters. The maximum atomic E-state index is 5.20. The van der Waals surface area contributed by atoms with Gasteiger partial charge in [-0.1, -0.05) is 13.3 Å². The first-order valence-electron chi connectivity index (χ1n) is 3.46. The molecule has 1 heterocycles. The molecular weight excluding hydrogens is 100 g/mol. The van der Waals surface area contributed by atoms with Gasteiger partial charge in [0.05, 0.1) is 12.7 Å².